The van der Waals surface area contributed by atoms with Gasteiger partial charge in [-0.1, -0.05) is 67.4 Å². The van der Waals surface area contributed by atoms with E-state index in [-0.39, 0.29) is 18.2 Å². The number of carbonyl (C=O) groups is 2. The first-order valence-corrected chi connectivity index (χ1v) is 10.8. The van der Waals surface area contributed by atoms with E-state index in [2.05, 4.69) is 5.32 Å². The third-order valence-electron chi connectivity index (χ3n) is 4.77. The molecule has 0 fully saturated rings. The van der Waals surface area contributed by atoms with Crippen molar-refractivity contribution in [2.24, 2.45) is 0 Å². The quantitative estimate of drug-likeness (QED) is 0.554. The van der Waals surface area contributed by atoms with Gasteiger partial charge in [0.05, 0.1) is 0 Å². The summed E-state index contributed by atoms with van der Waals surface area (Å²) in [5.41, 5.74) is 1.86. The van der Waals surface area contributed by atoms with Gasteiger partial charge in [-0.25, -0.2) is 0 Å². The van der Waals surface area contributed by atoms with Crippen LogP contribution in [-0.4, -0.2) is 29.3 Å². The molecular formula is C23H28Cl2N2O2. The highest BCUT2D eigenvalue weighted by Gasteiger charge is 2.28. The molecule has 6 heteroatoms. The second kappa shape index (κ2) is 11.8. The number of halogens is 2. The SMILES string of the molecule is CCCNC(=O)[C@H](CC)N(Cc1ccc(Cl)cc1)C(=O)CCc1ccccc1Cl. The molecule has 1 atom stereocenters. The Morgan fingerprint density at radius 2 is 1.72 bits per heavy atom. The van der Waals surface area contributed by atoms with Crippen LogP contribution >= 0.6 is 23.2 Å². The zero-order valence-electron chi connectivity index (χ0n) is 17.0. The summed E-state index contributed by atoms with van der Waals surface area (Å²) < 4.78 is 0. The first-order chi connectivity index (χ1) is 14.0. The van der Waals surface area contributed by atoms with E-state index in [9.17, 15) is 9.59 Å². The number of hydrogen-bond donors (Lipinski definition) is 1. The highest BCUT2D eigenvalue weighted by atomic mass is 35.5. The minimum atomic E-state index is -0.518. The highest BCUT2D eigenvalue weighted by molar-refractivity contribution is 6.31. The Bertz CT molecular complexity index is 809. The molecule has 1 N–H and O–H groups in total. The van der Waals surface area contributed by atoms with E-state index in [4.69, 9.17) is 23.2 Å². The fourth-order valence-corrected chi connectivity index (χ4v) is 3.51. The van der Waals surface area contributed by atoms with Gasteiger partial charge in [-0.15, -0.1) is 0 Å². The smallest absolute Gasteiger partial charge is 0.242 e. The maximum Gasteiger partial charge on any atom is 0.242 e. The second-order valence-electron chi connectivity index (χ2n) is 6.95. The Morgan fingerprint density at radius 1 is 1.03 bits per heavy atom. The molecule has 0 aliphatic rings. The van der Waals surface area contributed by atoms with E-state index in [1.807, 2.05) is 50.2 Å². The number of aryl methyl sites for hydroxylation is 1. The van der Waals surface area contributed by atoms with Crippen LogP contribution in [0.15, 0.2) is 48.5 Å². The second-order valence-corrected chi connectivity index (χ2v) is 7.80. The van der Waals surface area contributed by atoms with Crippen molar-refractivity contribution < 1.29 is 9.59 Å². The van der Waals surface area contributed by atoms with Crippen molar-refractivity contribution in [2.45, 2.75) is 52.1 Å². The maximum absolute atomic E-state index is 13.2. The summed E-state index contributed by atoms with van der Waals surface area (Å²) in [4.78, 5) is 27.5. The summed E-state index contributed by atoms with van der Waals surface area (Å²) in [6.07, 6.45) is 2.21. The van der Waals surface area contributed by atoms with Gasteiger partial charge in [-0.05, 0) is 48.6 Å². The Kier molecular flexibility index (Phi) is 9.49. The lowest BCUT2D eigenvalue weighted by molar-refractivity contribution is -0.141. The number of nitrogens with one attached hydrogen (secondary N) is 1. The minimum Gasteiger partial charge on any atom is -0.354 e. The van der Waals surface area contributed by atoms with E-state index in [1.54, 1.807) is 17.0 Å². The van der Waals surface area contributed by atoms with Gasteiger partial charge in [0.15, 0.2) is 0 Å². The molecule has 0 saturated heterocycles. The molecule has 156 valence electrons. The van der Waals surface area contributed by atoms with Crippen molar-refractivity contribution in [3.05, 3.63) is 69.7 Å². The van der Waals surface area contributed by atoms with Gasteiger partial charge in [0.2, 0.25) is 11.8 Å². The molecule has 0 aromatic heterocycles. The molecule has 0 saturated carbocycles. The predicted molar refractivity (Wildman–Crippen MR) is 119 cm³/mol. The zero-order chi connectivity index (χ0) is 21.2. The predicted octanol–water partition coefficient (Wildman–Crippen LogP) is 5.26. The summed E-state index contributed by atoms with van der Waals surface area (Å²) in [5, 5.41) is 4.21. The van der Waals surface area contributed by atoms with E-state index < -0.39 is 6.04 Å². The third-order valence-corrected chi connectivity index (χ3v) is 5.39. The van der Waals surface area contributed by atoms with Crippen LogP contribution in [-0.2, 0) is 22.6 Å². The molecule has 0 aliphatic carbocycles. The molecule has 0 radical (unpaired) electrons. The highest BCUT2D eigenvalue weighted by Crippen LogP contribution is 2.20. The van der Waals surface area contributed by atoms with Crippen molar-refractivity contribution in [1.29, 1.82) is 0 Å². The van der Waals surface area contributed by atoms with Crippen molar-refractivity contribution in [3.8, 4) is 0 Å². The molecule has 0 bridgehead atoms. The van der Waals surface area contributed by atoms with Crippen LogP contribution in [0.25, 0.3) is 0 Å². The molecule has 2 amide bonds. The summed E-state index contributed by atoms with van der Waals surface area (Å²) in [6.45, 7) is 4.88. The summed E-state index contributed by atoms with van der Waals surface area (Å²) in [6, 6.07) is 14.3. The number of benzene rings is 2. The van der Waals surface area contributed by atoms with Crippen molar-refractivity contribution in [1.82, 2.24) is 10.2 Å². The summed E-state index contributed by atoms with van der Waals surface area (Å²) in [5.74, 6) is -0.187. The van der Waals surface area contributed by atoms with Gasteiger partial charge in [0.25, 0.3) is 0 Å². The van der Waals surface area contributed by atoms with Crippen LogP contribution in [0.1, 0.15) is 44.2 Å². The number of hydrogen-bond acceptors (Lipinski definition) is 2. The third kappa shape index (κ3) is 7.06. The van der Waals surface area contributed by atoms with Crippen LogP contribution in [0.3, 0.4) is 0 Å². The molecule has 4 nitrogen and oxygen atoms in total. The van der Waals surface area contributed by atoms with Crippen LogP contribution in [0.2, 0.25) is 10.0 Å². The Labute approximate surface area is 183 Å². The van der Waals surface area contributed by atoms with E-state index in [1.165, 1.54) is 0 Å². The van der Waals surface area contributed by atoms with Gasteiger partial charge >= 0.3 is 0 Å². The van der Waals surface area contributed by atoms with E-state index >= 15 is 0 Å². The first-order valence-electron chi connectivity index (χ1n) is 10.0. The van der Waals surface area contributed by atoms with Crippen LogP contribution in [0.5, 0.6) is 0 Å². The average molecular weight is 435 g/mol. The molecule has 0 unspecified atom stereocenters. The maximum atomic E-state index is 13.2. The molecule has 2 aromatic carbocycles. The van der Waals surface area contributed by atoms with Gasteiger partial charge in [0, 0.05) is 29.6 Å². The zero-order valence-corrected chi connectivity index (χ0v) is 18.5. The van der Waals surface area contributed by atoms with Crippen LogP contribution < -0.4 is 5.32 Å². The summed E-state index contributed by atoms with van der Waals surface area (Å²) >= 11 is 12.2. The first kappa shape index (κ1) is 23.2. The van der Waals surface area contributed by atoms with E-state index in [0.717, 1.165) is 17.5 Å². The van der Waals surface area contributed by atoms with Gasteiger partial charge in [-0.3, -0.25) is 9.59 Å². The van der Waals surface area contributed by atoms with Gasteiger partial charge < -0.3 is 10.2 Å². The average Bonchev–Trinajstić information content (AvgIpc) is 2.72. The van der Waals surface area contributed by atoms with Gasteiger partial charge in [0.1, 0.15) is 6.04 Å². The standard InChI is InChI=1S/C23H28Cl2N2O2/c1-3-15-26-23(29)21(4-2)27(16-17-9-12-19(24)13-10-17)22(28)14-11-18-7-5-6-8-20(18)25/h5-10,12-13,21H,3-4,11,14-16H2,1-2H3,(H,26,29)/t21-/m0/s1. The van der Waals surface area contributed by atoms with Crippen LogP contribution in [0, 0.1) is 0 Å². The van der Waals surface area contributed by atoms with Crippen molar-refractivity contribution in [3.63, 3.8) is 0 Å². The fourth-order valence-electron chi connectivity index (χ4n) is 3.16. The van der Waals surface area contributed by atoms with E-state index in [0.29, 0.717) is 36.0 Å². The summed E-state index contributed by atoms with van der Waals surface area (Å²) in [7, 11) is 0. The lowest BCUT2D eigenvalue weighted by atomic mass is 10.1. The lowest BCUT2D eigenvalue weighted by Gasteiger charge is -2.31. The number of carbonyl (C=O) groups excluding carboxylic acids is 2. The largest absolute Gasteiger partial charge is 0.354 e. The molecule has 2 rings (SSSR count). The Balaban J connectivity index is 2.19. The van der Waals surface area contributed by atoms with Crippen LogP contribution in [0.4, 0.5) is 0 Å². The molecular weight excluding hydrogens is 407 g/mol. The topological polar surface area (TPSA) is 49.4 Å². The Morgan fingerprint density at radius 3 is 2.34 bits per heavy atom. The number of amides is 2. The lowest BCUT2D eigenvalue weighted by Crippen LogP contribution is -2.49. The molecule has 2 aromatic rings. The van der Waals surface area contributed by atoms with Crippen molar-refractivity contribution in [2.75, 3.05) is 6.54 Å². The molecule has 0 heterocycles. The fraction of sp³-hybridized carbons (Fsp3) is 0.391. The molecule has 0 aliphatic heterocycles. The monoisotopic (exact) mass is 434 g/mol. The minimum absolute atomic E-state index is 0.0710. The number of nitrogens with zero attached hydrogens (tertiary/aromatic N) is 1. The molecule has 0 spiro atoms. The van der Waals surface area contributed by atoms with Gasteiger partial charge in [-0.2, -0.15) is 0 Å². The Hall–Kier alpha value is -2.04. The molecule has 29 heavy (non-hydrogen) atoms. The normalized spacial score (nSPS) is 11.7. The number of rotatable bonds is 10. The van der Waals surface area contributed by atoms with Crippen molar-refractivity contribution >= 4 is 35.0 Å².